The van der Waals surface area contributed by atoms with Gasteiger partial charge in [-0.3, -0.25) is 57.4 Å². The summed E-state index contributed by atoms with van der Waals surface area (Å²) < 4.78 is 57.4. The molecule has 6 aliphatic heterocycles. The molecule has 101 heavy (non-hydrogen) atoms. The van der Waals surface area contributed by atoms with Gasteiger partial charge in [0.1, 0.15) is 37.4 Å². The van der Waals surface area contributed by atoms with Crippen LogP contribution < -0.4 is 43.6 Å². The first-order valence-corrected chi connectivity index (χ1v) is 40.2. The Kier molecular flexibility index (Phi) is 22.2. The third kappa shape index (κ3) is 16.4. The number of rotatable bonds is 30. The van der Waals surface area contributed by atoms with Crippen LogP contribution in [0.5, 0.6) is 17.2 Å². The maximum Gasteiger partial charge on any atom is 0.480 e. The lowest BCUT2D eigenvalue weighted by Crippen LogP contribution is -2.46. The first kappa shape index (κ1) is 69.1. The Bertz CT molecular complexity index is 3970. The lowest BCUT2D eigenvalue weighted by atomic mass is 10.0. The quantitative estimate of drug-likeness (QED) is 0.0310. The standard InChI is InChI=1S/C78H90N9O10PS3/c88-76-25-19-58-16-22-61(92-46-4-1-31-79-34-40-82(41-35-79)67-10-7-13-73-64(67)28-49-99-73)52-70(58)85(76)55-95-98(91,96-56-86-71-53-62(23-17-59(71)20-26-77(86)89)93-47-5-2-32-80-36-42-83(43-37-80)68-11-8-14-74-65(68)29-50-100-74)97-57-87-72-54-63(24-18-60(72)21-27-78(87)90)94-48-6-3-33-81-38-44-84(45-39-81)69-12-9-15-75-66(69)30-51-101-75/h7-18,22-24,28-30,49-54H,1-6,19-21,25-27,31-48,55-57H2. The highest BCUT2D eigenvalue weighted by molar-refractivity contribution is 7.48. The molecule has 3 amide bonds. The predicted molar refractivity (Wildman–Crippen MR) is 408 cm³/mol. The number of ether oxygens (including phenoxy) is 3. The zero-order valence-electron chi connectivity index (χ0n) is 57.5. The molecule has 0 radical (unpaired) electrons. The van der Waals surface area contributed by atoms with Gasteiger partial charge in [-0.2, -0.15) is 0 Å². The average Bonchev–Trinajstić information content (AvgIpc) is 1.68. The minimum absolute atomic E-state index is 0.199. The number of unbranched alkanes of at least 4 members (excludes halogenated alkanes) is 3. The molecule has 0 spiro atoms. The van der Waals surface area contributed by atoms with Gasteiger partial charge in [0.05, 0.1) is 36.9 Å². The molecule has 9 aromatic rings. The fourth-order valence-electron chi connectivity index (χ4n) is 15.0. The maximum atomic E-state index is 15.5. The third-order valence-corrected chi connectivity index (χ3v) is 24.7. The van der Waals surface area contributed by atoms with Crippen LogP contribution in [0.3, 0.4) is 0 Å². The molecule has 23 heteroatoms. The van der Waals surface area contributed by atoms with Gasteiger partial charge in [-0.15, -0.1) is 34.0 Å². The van der Waals surface area contributed by atoms with Crippen molar-refractivity contribution in [3.63, 3.8) is 0 Å². The van der Waals surface area contributed by atoms with E-state index in [4.69, 9.17) is 27.8 Å². The summed E-state index contributed by atoms with van der Waals surface area (Å²) in [5, 5.41) is 10.5. The Labute approximate surface area is 603 Å². The number of benzene rings is 6. The van der Waals surface area contributed by atoms with Gasteiger partial charge in [0.25, 0.3) is 0 Å². The Balaban J connectivity index is 0.575. The largest absolute Gasteiger partial charge is 0.494 e. The van der Waals surface area contributed by atoms with E-state index in [1.807, 2.05) is 54.6 Å². The van der Waals surface area contributed by atoms with Crippen molar-refractivity contribution in [1.29, 1.82) is 0 Å². The van der Waals surface area contributed by atoms with Crippen LogP contribution in [0.4, 0.5) is 34.1 Å². The smallest absolute Gasteiger partial charge is 0.480 e. The number of anilines is 6. The lowest BCUT2D eigenvalue weighted by Gasteiger charge is -2.36. The van der Waals surface area contributed by atoms with Crippen molar-refractivity contribution in [2.45, 2.75) is 77.0 Å². The number of hydrogen-bond acceptors (Lipinski definition) is 19. The summed E-state index contributed by atoms with van der Waals surface area (Å²) in [6, 6.07) is 43.7. The summed E-state index contributed by atoms with van der Waals surface area (Å²) in [4.78, 5) is 61.6. The molecule has 9 heterocycles. The van der Waals surface area contributed by atoms with E-state index in [0.717, 1.165) is 153 Å². The molecule has 0 atom stereocenters. The van der Waals surface area contributed by atoms with Crippen LogP contribution in [0.2, 0.25) is 0 Å². The Hall–Kier alpha value is -7.60. The van der Waals surface area contributed by atoms with Gasteiger partial charge >= 0.3 is 7.82 Å². The van der Waals surface area contributed by atoms with Crippen LogP contribution in [0, 0.1) is 0 Å². The molecule has 19 nitrogen and oxygen atoms in total. The second kappa shape index (κ2) is 32.4. The number of thiophene rings is 3. The number of hydrogen-bond donors (Lipinski definition) is 0. The van der Waals surface area contributed by atoms with Gasteiger partial charge in [-0.05, 0) is 183 Å². The van der Waals surface area contributed by atoms with Crippen LogP contribution in [-0.2, 0) is 51.8 Å². The minimum Gasteiger partial charge on any atom is -0.494 e. The van der Waals surface area contributed by atoms with Gasteiger partial charge in [0, 0.05) is 163 Å². The molecule has 3 saturated heterocycles. The number of aryl methyl sites for hydroxylation is 3. The third-order valence-electron chi connectivity index (χ3n) is 20.8. The zero-order valence-corrected chi connectivity index (χ0v) is 60.8. The fourth-order valence-corrected chi connectivity index (χ4v) is 18.4. The second-order valence-corrected chi connectivity index (χ2v) is 31.6. The van der Waals surface area contributed by atoms with E-state index < -0.39 is 28.0 Å². The van der Waals surface area contributed by atoms with Gasteiger partial charge in [0.2, 0.25) is 17.7 Å². The molecular weight excluding hydrogens is 1350 g/mol. The molecule has 15 rings (SSSR count). The molecule has 530 valence electrons. The number of phosphoric acid groups is 1. The number of amides is 3. The summed E-state index contributed by atoms with van der Waals surface area (Å²) in [7, 11) is -4.76. The molecular formula is C78H90N9O10PS3. The normalized spacial score (nSPS) is 17.4. The zero-order chi connectivity index (χ0) is 68.5. The number of piperazine rings is 3. The van der Waals surface area contributed by atoms with Gasteiger partial charge < -0.3 is 28.9 Å². The van der Waals surface area contributed by atoms with E-state index >= 15 is 4.57 Å². The number of carbonyl (C=O) groups excluding carboxylic acids is 3. The highest BCUT2D eigenvalue weighted by Gasteiger charge is 2.37. The van der Waals surface area contributed by atoms with E-state index in [-0.39, 0.29) is 37.0 Å². The van der Waals surface area contributed by atoms with Gasteiger partial charge in [-0.1, -0.05) is 36.4 Å². The molecule has 0 bridgehead atoms. The molecule has 0 unspecified atom stereocenters. The van der Waals surface area contributed by atoms with E-state index in [2.05, 4.69) is 118 Å². The van der Waals surface area contributed by atoms with E-state index in [0.29, 0.717) is 73.4 Å². The van der Waals surface area contributed by atoms with Crippen molar-refractivity contribution in [2.75, 3.05) is 168 Å². The Morgan fingerprint density at radius 3 is 0.950 bits per heavy atom. The van der Waals surface area contributed by atoms with Crippen LogP contribution in [0.1, 0.15) is 74.5 Å². The van der Waals surface area contributed by atoms with Crippen molar-refractivity contribution in [3.8, 4) is 17.2 Å². The minimum atomic E-state index is -4.76. The highest BCUT2D eigenvalue weighted by Crippen LogP contribution is 2.52. The molecule has 6 aromatic carbocycles. The van der Waals surface area contributed by atoms with Gasteiger partial charge in [0.15, 0.2) is 0 Å². The van der Waals surface area contributed by atoms with E-state index in [1.54, 1.807) is 34.0 Å². The Morgan fingerprint density at radius 2 is 0.644 bits per heavy atom. The molecule has 3 fully saturated rings. The van der Waals surface area contributed by atoms with E-state index in [1.165, 1.54) is 62.0 Å². The maximum absolute atomic E-state index is 15.5. The first-order valence-electron chi connectivity index (χ1n) is 36.1. The summed E-state index contributed by atoms with van der Waals surface area (Å²) in [6.07, 6.45) is 7.63. The fraction of sp³-hybridized carbons (Fsp3) is 0.423. The molecule has 6 aliphatic rings. The second-order valence-electron chi connectivity index (χ2n) is 27.0. The topological polar surface area (TPSA) is 153 Å². The number of carbonyl (C=O) groups is 3. The molecule has 0 N–H and O–H groups in total. The first-order chi connectivity index (χ1) is 49.6. The SMILES string of the molecule is O=C1CCc2ccc(OCCCCN3CCN(c4cccc5sccc45)CC3)cc2N1COP(=O)(OCN1C(=O)CCc2ccc(OCCCCN3CCN(c4cccc5sccc45)CC3)cc21)OCN1C(=O)CCc2ccc(OCCCCN3CCN(c4cccc5sccc45)CC3)cc21. The highest BCUT2D eigenvalue weighted by atomic mass is 32.1. The van der Waals surface area contributed by atoms with E-state index in [9.17, 15) is 14.4 Å². The number of phosphoric ester groups is 1. The number of nitrogens with zero attached hydrogens (tertiary/aromatic N) is 9. The number of fused-ring (bicyclic) bond motifs is 6. The summed E-state index contributed by atoms with van der Waals surface area (Å²) in [5.41, 5.74) is 8.40. The molecule has 0 saturated carbocycles. The van der Waals surface area contributed by atoms with Crippen molar-refractivity contribution in [3.05, 3.63) is 160 Å². The summed E-state index contributed by atoms with van der Waals surface area (Å²) in [5.74, 6) is 1.10. The van der Waals surface area contributed by atoms with Crippen molar-refractivity contribution in [1.82, 2.24) is 14.7 Å². The predicted octanol–water partition coefficient (Wildman–Crippen LogP) is 14.5. The van der Waals surface area contributed by atoms with Crippen molar-refractivity contribution < 1.29 is 46.7 Å². The summed E-state index contributed by atoms with van der Waals surface area (Å²) in [6.45, 7) is 14.9. The molecule has 3 aromatic heterocycles. The lowest BCUT2D eigenvalue weighted by molar-refractivity contribution is -0.120. The van der Waals surface area contributed by atoms with Gasteiger partial charge in [-0.25, -0.2) is 4.57 Å². The monoisotopic (exact) mass is 1440 g/mol. The van der Waals surface area contributed by atoms with Crippen molar-refractivity contribution in [2.24, 2.45) is 0 Å². The van der Waals surface area contributed by atoms with Crippen LogP contribution in [-0.4, -0.2) is 171 Å². The van der Waals surface area contributed by atoms with Crippen molar-refractivity contribution >= 4 is 124 Å². The Morgan fingerprint density at radius 1 is 0.337 bits per heavy atom. The van der Waals surface area contributed by atoms with Crippen LogP contribution in [0.15, 0.2) is 144 Å². The molecule has 0 aliphatic carbocycles. The van der Waals surface area contributed by atoms with Crippen LogP contribution >= 0.6 is 41.8 Å². The average molecular weight is 1440 g/mol. The van der Waals surface area contributed by atoms with Crippen LogP contribution in [0.25, 0.3) is 30.3 Å². The summed E-state index contributed by atoms with van der Waals surface area (Å²) >= 11 is 5.36.